The normalized spacial score (nSPS) is 15.5. The summed E-state index contributed by atoms with van der Waals surface area (Å²) in [6, 6.07) is 0. The maximum atomic E-state index is 11.2. The van der Waals surface area contributed by atoms with Crippen LogP contribution in [-0.4, -0.2) is 25.3 Å². The maximum Gasteiger partial charge on any atom is 0.364 e. The molecule has 62 valence electrons. The Labute approximate surface area is 71.0 Å². The molecule has 0 fully saturated rings. The monoisotopic (exact) mass is 164 g/mol. The van der Waals surface area contributed by atoms with Crippen LogP contribution in [0.15, 0.2) is 0 Å². The zero-order chi connectivity index (χ0) is 9.03. The molecule has 0 spiro atoms. The van der Waals surface area contributed by atoms with Crippen LogP contribution >= 0.6 is 0 Å². The third kappa shape index (κ3) is 1.28. The first-order chi connectivity index (χ1) is 5.75. The van der Waals surface area contributed by atoms with Crippen molar-refractivity contribution < 1.29 is 14.3 Å². The summed E-state index contributed by atoms with van der Waals surface area (Å²) < 4.78 is 9.64. The van der Waals surface area contributed by atoms with E-state index in [9.17, 15) is 4.79 Å². The molecule has 0 saturated heterocycles. The summed E-state index contributed by atoms with van der Waals surface area (Å²) >= 11 is 0. The Kier molecular flexibility index (Phi) is 2.38. The van der Waals surface area contributed by atoms with Gasteiger partial charge in [-0.2, -0.15) is 0 Å². The third-order valence-corrected chi connectivity index (χ3v) is 1.41. The van der Waals surface area contributed by atoms with Crippen LogP contribution in [-0.2, 0) is 14.3 Å². The Hall–Kier alpha value is -1.45. The van der Waals surface area contributed by atoms with Crippen LogP contribution < -0.4 is 0 Å². The molecule has 0 radical (unpaired) electrons. The van der Waals surface area contributed by atoms with Crippen LogP contribution in [0.2, 0.25) is 0 Å². The third-order valence-electron chi connectivity index (χ3n) is 1.41. The fourth-order valence-electron chi connectivity index (χ4n) is 0.790. The molecule has 0 aromatic heterocycles. The summed E-state index contributed by atoms with van der Waals surface area (Å²) in [6.45, 7) is 2.02. The predicted octanol–water partition coefficient (Wildman–Crippen LogP) is -0.0449. The van der Waals surface area contributed by atoms with E-state index in [2.05, 4.69) is 23.7 Å². The molecule has 0 aromatic rings. The molecule has 0 saturated carbocycles. The number of hydrogen-bond donors (Lipinski definition) is 0. The smallest absolute Gasteiger partial charge is 0.364 e. The standard InChI is InChI=1S/C9H8O3/c1-3-12-8(10)9(11-2)6-4-5-7-9/h3H2,1-2H3. The Morgan fingerprint density at radius 1 is 1.42 bits per heavy atom. The number of methoxy groups -OCH3 is 1. The number of rotatable bonds is 3. The van der Waals surface area contributed by atoms with Crippen LogP contribution in [0.4, 0.5) is 0 Å². The van der Waals surface area contributed by atoms with E-state index in [1.807, 2.05) is 0 Å². The first-order valence-corrected chi connectivity index (χ1v) is 3.52. The second-order valence-electron chi connectivity index (χ2n) is 2.11. The molecule has 0 heterocycles. The van der Waals surface area contributed by atoms with E-state index < -0.39 is 11.6 Å². The molecule has 0 aromatic carbocycles. The van der Waals surface area contributed by atoms with Gasteiger partial charge in [0.05, 0.1) is 6.61 Å². The van der Waals surface area contributed by atoms with Crippen molar-refractivity contribution in [2.24, 2.45) is 0 Å². The van der Waals surface area contributed by atoms with Crippen molar-refractivity contribution in [1.29, 1.82) is 0 Å². The fourth-order valence-corrected chi connectivity index (χ4v) is 0.790. The van der Waals surface area contributed by atoms with E-state index in [1.165, 1.54) is 7.11 Å². The molecule has 3 heteroatoms. The number of carbonyl (C=O) groups excluding carboxylic acids is 1. The summed E-state index contributed by atoms with van der Waals surface area (Å²) in [7, 11) is 1.38. The molecular weight excluding hydrogens is 156 g/mol. The highest BCUT2D eigenvalue weighted by molar-refractivity contribution is 5.89. The lowest BCUT2D eigenvalue weighted by Gasteiger charge is -2.16. The predicted molar refractivity (Wildman–Crippen MR) is 41.9 cm³/mol. The van der Waals surface area contributed by atoms with Gasteiger partial charge in [-0.15, -0.1) is 0 Å². The van der Waals surface area contributed by atoms with E-state index in [1.54, 1.807) is 6.92 Å². The Morgan fingerprint density at radius 2 is 2.00 bits per heavy atom. The number of ether oxygens (including phenoxy) is 2. The van der Waals surface area contributed by atoms with Gasteiger partial charge in [-0.25, -0.2) is 4.79 Å². The zero-order valence-corrected chi connectivity index (χ0v) is 6.93. The first-order valence-electron chi connectivity index (χ1n) is 3.52. The van der Waals surface area contributed by atoms with Gasteiger partial charge in [0.1, 0.15) is 0 Å². The molecule has 1 aliphatic rings. The van der Waals surface area contributed by atoms with Gasteiger partial charge in [-0.1, -0.05) is 0 Å². The van der Waals surface area contributed by atoms with Crippen molar-refractivity contribution in [3.63, 3.8) is 0 Å². The van der Waals surface area contributed by atoms with Crippen molar-refractivity contribution in [1.82, 2.24) is 0 Å². The second-order valence-corrected chi connectivity index (χ2v) is 2.11. The molecule has 0 aliphatic heterocycles. The maximum absolute atomic E-state index is 11.2. The summed E-state index contributed by atoms with van der Waals surface area (Å²) in [5, 5.41) is 0. The lowest BCUT2D eigenvalue weighted by molar-refractivity contribution is -0.156. The van der Waals surface area contributed by atoms with Gasteiger partial charge in [0.2, 0.25) is 0 Å². The van der Waals surface area contributed by atoms with Crippen molar-refractivity contribution in [3.8, 4) is 23.7 Å². The lowest BCUT2D eigenvalue weighted by Crippen LogP contribution is -2.38. The van der Waals surface area contributed by atoms with Gasteiger partial charge in [0.15, 0.2) is 0 Å². The highest BCUT2D eigenvalue weighted by atomic mass is 16.6. The summed E-state index contributed by atoms with van der Waals surface area (Å²) in [5.41, 5.74) is -1.34. The Morgan fingerprint density at radius 3 is 2.42 bits per heavy atom. The highest BCUT2D eigenvalue weighted by Crippen LogP contribution is 2.12. The van der Waals surface area contributed by atoms with Gasteiger partial charge < -0.3 is 9.47 Å². The topological polar surface area (TPSA) is 35.5 Å². The average molecular weight is 164 g/mol. The van der Waals surface area contributed by atoms with Crippen LogP contribution in [0.3, 0.4) is 0 Å². The molecule has 0 bridgehead atoms. The summed E-state index contributed by atoms with van der Waals surface area (Å²) in [5.74, 6) is 9.47. The minimum atomic E-state index is -1.34. The van der Waals surface area contributed by atoms with Crippen molar-refractivity contribution in [2.75, 3.05) is 13.7 Å². The van der Waals surface area contributed by atoms with Gasteiger partial charge in [-0.05, 0) is 30.6 Å². The highest BCUT2D eigenvalue weighted by Gasteiger charge is 2.38. The molecular formula is C9H8O3. The van der Waals surface area contributed by atoms with E-state index in [0.29, 0.717) is 6.61 Å². The molecule has 0 unspecified atom stereocenters. The van der Waals surface area contributed by atoms with Crippen LogP contribution in [0.5, 0.6) is 0 Å². The lowest BCUT2D eigenvalue weighted by atomic mass is 10.1. The van der Waals surface area contributed by atoms with Crippen LogP contribution in [0, 0.1) is 23.7 Å². The molecule has 1 aliphatic carbocycles. The summed E-state index contributed by atoms with van der Waals surface area (Å²) in [6.07, 6.45) is 0. The van der Waals surface area contributed by atoms with E-state index in [-0.39, 0.29) is 0 Å². The quantitative estimate of drug-likeness (QED) is 0.433. The first kappa shape index (κ1) is 8.64. The second kappa shape index (κ2) is 3.30. The number of hydrogen-bond acceptors (Lipinski definition) is 3. The minimum Gasteiger partial charge on any atom is -0.462 e. The van der Waals surface area contributed by atoms with Gasteiger partial charge in [-0.3, -0.25) is 0 Å². The average Bonchev–Trinajstić information content (AvgIpc) is 2.54. The van der Waals surface area contributed by atoms with E-state index in [4.69, 9.17) is 9.47 Å². The van der Waals surface area contributed by atoms with E-state index >= 15 is 0 Å². The minimum absolute atomic E-state index is 0.299. The van der Waals surface area contributed by atoms with Crippen molar-refractivity contribution in [3.05, 3.63) is 0 Å². The molecule has 12 heavy (non-hydrogen) atoms. The molecule has 3 nitrogen and oxygen atoms in total. The van der Waals surface area contributed by atoms with Gasteiger partial charge in [0, 0.05) is 7.11 Å². The van der Waals surface area contributed by atoms with Gasteiger partial charge in [0.25, 0.3) is 5.60 Å². The Balaban J connectivity index is 2.80. The zero-order valence-electron chi connectivity index (χ0n) is 6.93. The van der Waals surface area contributed by atoms with E-state index in [0.717, 1.165) is 0 Å². The van der Waals surface area contributed by atoms with Crippen LogP contribution in [0.1, 0.15) is 6.92 Å². The Bertz CT molecular complexity index is 288. The molecule has 1 rings (SSSR count). The summed E-state index contributed by atoms with van der Waals surface area (Å²) in [4.78, 5) is 11.2. The fraction of sp³-hybridized carbons (Fsp3) is 0.444. The van der Waals surface area contributed by atoms with Gasteiger partial charge >= 0.3 is 5.97 Å². The molecule has 0 N–H and O–H groups in total. The number of esters is 1. The largest absolute Gasteiger partial charge is 0.462 e. The van der Waals surface area contributed by atoms with Crippen molar-refractivity contribution in [2.45, 2.75) is 12.5 Å². The van der Waals surface area contributed by atoms with Crippen molar-refractivity contribution >= 4 is 5.97 Å². The number of carbonyl (C=O) groups is 1. The molecule has 0 atom stereocenters. The SMILES string of the molecule is CCOC(=O)C1(OC)C#CC#C1. The van der Waals surface area contributed by atoms with Crippen LogP contribution in [0.25, 0.3) is 0 Å². The molecule has 0 amide bonds.